The summed E-state index contributed by atoms with van der Waals surface area (Å²) in [6, 6.07) is 13.4. The molecule has 7 nitrogen and oxygen atoms in total. The molecule has 0 atom stereocenters. The molecule has 0 bridgehead atoms. The number of ether oxygens (including phenoxy) is 1. The molecule has 7 heteroatoms. The molecule has 0 saturated carbocycles. The van der Waals surface area contributed by atoms with Gasteiger partial charge in [0, 0.05) is 18.5 Å². The van der Waals surface area contributed by atoms with Gasteiger partial charge in [-0.25, -0.2) is 4.98 Å². The highest BCUT2D eigenvalue weighted by Crippen LogP contribution is 2.30. The predicted octanol–water partition coefficient (Wildman–Crippen LogP) is 2.84. The van der Waals surface area contributed by atoms with E-state index < -0.39 is 0 Å². The number of fused-ring (bicyclic) bond motifs is 2. The SMILES string of the molecule is O=C(CN1Cc2nc(-c3cc4ccccc4o3)ccc2OCC1=O)N1CCCC1. The fourth-order valence-electron chi connectivity index (χ4n) is 3.85. The van der Waals surface area contributed by atoms with Crippen LogP contribution in [0.2, 0.25) is 0 Å². The lowest BCUT2D eigenvalue weighted by Gasteiger charge is -2.23. The second-order valence-electron chi connectivity index (χ2n) is 7.42. The van der Waals surface area contributed by atoms with Crippen LogP contribution in [-0.4, -0.2) is 52.8 Å². The molecule has 0 spiro atoms. The first kappa shape index (κ1) is 17.7. The number of hydrogen-bond donors (Lipinski definition) is 0. The molecular formula is C22H21N3O4. The van der Waals surface area contributed by atoms with Crippen LogP contribution in [-0.2, 0) is 16.1 Å². The molecule has 1 saturated heterocycles. The first-order chi connectivity index (χ1) is 14.2. The van der Waals surface area contributed by atoms with Gasteiger partial charge in [0.05, 0.1) is 6.54 Å². The molecule has 0 N–H and O–H groups in total. The number of benzene rings is 1. The number of carbonyl (C=O) groups excluding carboxylic acids is 2. The van der Waals surface area contributed by atoms with Gasteiger partial charge in [-0.1, -0.05) is 18.2 Å². The van der Waals surface area contributed by atoms with Gasteiger partial charge in [0.2, 0.25) is 5.91 Å². The van der Waals surface area contributed by atoms with Gasteiger partial charge in [0.1, 0.15) is 29.3 Å². The van der Waals surface area contributed by atoms with Crippen molar-refractivity contribution in [1.82, 2.24) is 14.8 Å². The molecule has 2 aliphatic rings. The fourth-order valence-corrected chi connectivity index (χ4v) is 3.85. The predicted molar refractivity (Wildman–Crippen MR) is 106 cm³/mol. The zero-order valence-corrected chi connectivity index (χ0v) is 16.0. The zero-order valence-electron chi connectivity index (χ0n) is 16.0. The number of nitrogens with zero attached hydrogens (tertiary/aromatic N) is 3. The van der Waals surface area contributed by atoms with E-state index in [1.807, 2.05) is 47.4 Å². The summed E-state index contributed by atoms with van der Waals surface area (Å²) >= 11 is 0. The van der Waals surface area contributed by atoms with E-state index in [1.165, 1.54) is 4.90 Å². The summed E-state index contributed by atoms with van der Waals surface area (Å²) in [6.45, 7) is 1.73. The van der Waals surface area contributed by atoms with Crippen molar-refractivity contribution in [3.8, 4) is 17.2 Å². The number of pyridine rings is 1. The van der Waals surface area contributed by atoms with E-state index in [1.54, 1.807) is 0 Å². The van der Waals surface area contributed by atoms with Crippen molar-refractivity contribution in [2.45, 2.75) is 19.4 Å². The number of hydrogen-bond acceptors (Lipinski definition) is 5. The van der Waals surface area contributed by atoms with E-state index >= 15 is 0 Å². The van der Waals surface area contributed by atoms with Gasteiger partial charge in [-0.05, 0) is 37.1 Å². The van der Waals surface area contributed by atoms with Crippen LogP contribution in [0.1, 0.15) is 18.5 Å². The van der Waals surface area contributed by atoms with Crippen molar-refractivity contribution in [3.63, 3.8) is 0 Å². The lowest BCUT2D eigenvalue weighted by molar-refractivity contribution is -0.141. The summed E-state index contributed by atoms with van der Waals surface area (Å²) in [5.74, 6) is 0.993. The second-order valence-corrected chi connectivity index (χ2v) is 7.42. The molecule has 29 heavy (non-hydrogen) atoms. The maximum atomic E-state index is 12.5. The van der Waals surface area contributed by atoms with Crippen LogP contribution in [0.15, 0.2) is 46.9 Å². The zero-order chi connectivity index (χ0) is 19.8. The number of amides is 2. The summed E-state index contributed by atoms with van der Waals surface area (Å²) in [5, 5.41) is 1.00. The normalized spacial score (nSPS) is 16.6. The second kappa shape index (κ2) is 7.24. The van der Waals surface area contributed by atoms with Crippen molar-refractivity contribution >= 4 is 22.8 Å². The molecule has 148 valence electrons. The van der Waals surface area contributed by atoms with E-state index in [0.717, 1.165) is 36.9 Å². The third-order valence-electron chi connectivity index (χ3n) is 5.44. The van der Waals surface area contributed by atoms with Crippen LogP contribution in [0, 0.1) is 0 Å². The topological polar surface area (TPSA) is 75.9 Å². The van der Waals surface area contributed by atoms with Crippen LogP contribution in [0.3, 0.4) is 0 Å². The summed E-state index contributed by atoms with van der Waals surface area (Å²) < 4.78 is 11.6. The van der Waals surface area contributed by atoms with Gasteiger partial charge in [0.15, 0.2) is 12.4 Å². The van der Waals surface area contributed by atoms with Gasteiger partial charge in [-0.2, -0.15) is 0 Å². The molecule has 4 heterocycles. The molecule has 0 radical (unpaired) electrons. The highest BCUT2D eigenvalue weighted by atomic mass is 16.5. The Morgan fingerprint density at radius 3 is 2.76 bits per heavy atom. The van der Waals surface area contributed by atoms with Crippen molar-refractivity contribution < 1.29 is 18.7 Å². The average molecular weight is 391 g/mol. The average Bonchev–Trinajstić information content (AvgIpc) is 3.39. The molecule has 2 aromatic heterocycles. The van der Waals surface area contributed by atoms with Crippen LogP contribution in [0.25, 0.3) is 22.4 Å². The van der Waals surface area contributed by atoms with Gasteiger partial charge in [-0.15, -0.1) is 0 Å². The van der Waals surface area contributed by atoms with Crippen molar-refractivity contribution in [3.05, 3.63) is 48.2 Å². The van der Waals surface area contributed by atoms with Gasteiger partial charge >= 0.3 is 0 Å². The van der Waals surface area contributed by atoms with Crippen LogP contribution in [0.4, 0.5) is 0 Å². The number of carbonyl (C=O) groups is 2. The highest BCUT2D eigenvalue weighted by Gasteiger charge is 2.27. The fraction of sp³-hybridized carbons (Fsp3) is 0.318. The molecule has 2 amide bonds. The minimum absolute atomic E-state index is 0.0206. The largest absolute Gasteiger partial charge is 0.482 e. The van der Waals surface area contributed by atoms with Crippen LogP contribution < -0.4 is 4.74 Å². The van der Waals surface area contributed by atoms with Crippen molar-refractivity contribution in [2.75, 3.05) is 26.2 Å². The summed E-state index contributed by atoms with van der Waals surface area (Å²) in [5.41, 5.74) is 2.09. The van der Waals surface area contributed by atoms with Gasteiger partial charge in [0.25, 0.3) is 5.91 Å². The Bertz CT molecular complexity index is 1050. The van der Waals surface area contributed by atoms with Crippen LogP contribution in [0.5, 0.6) is 5.75 Å². The Labute approximate surface area is 167 Å². The summed E-state index contributed by atoms with van der Waals surface area (Å²) in [7, 11) is 0. The molecular weight excluding hydrogens is 370 g/mol. The smallest absolute Gasteiger partial charge is 0.261 e. The van der Waals surface area contributed by atoms with Crippen molar-refractivity contribution in [2.24, 2.45) is 0 Å². The molecule has 1 fully saturated rings. The molecule has 2 aliphatic heterocycles. The number of aromatic nitrogens is 1. The highest BCUT2D eigenvalue weighted by molar-refractivity contribution is 5.86. The maximum absolute atomic E-state index is 12.5. The molecule has 5 rings (SSSR count). The molecule has 0 aliphatic carbocycles. The Kier molecular flexibility index (Phi) is 4.42. The summed E-state index contributed by atoms with van der Waals surface area (Å²) in [6.07, 6.45) is 2.04. The standard InChI is InChI=1S/C22H21N3O4/c26-21(24-9-3-4-10-24)13-25-12-17-19(28-14-22(25)27)8-7-16(23-17)20-11-15-5-1-2-6-18(15)29-20/h1-2,5-8,11H,3-4,9-10,12-14H2. The maximum Gasteiger partial charge on any atom is 0.261 e. The number of likely N-dealkylation sites (tertiary alicyclic amines) is 1. The monoisotopic (exact) mass is 391 g/mol. The first-order valence-corrected chi connectivity index (χ1v) is 9.84. The number of para-hydroxylation sites is 1. The van der Waals surface area contributed by atoms with Gasteiger partial charge < -0.3 is 19.0 Å². The third-order valence-corrected chi connectivity index (χ3v) is 5.44. The Morgan fingerprint density at radius 2 is 1.93 bits per heavy atom. The van der Waals surface area contributed by atoms with E-state index in [0.29, 0.717) is 22.9 Å². The quantitative estimate of drug-likeness (QED) is 0.686. The van der Waals surface area contributed by atoms with Gasteiger partial charge in [-0.3, -0.25) is 9.59 Å². The Hall–Kier alpha value is -3.35. The molecule has 3 aromatic rings. The third kappa shape index (κ3) is 3.44. The van der Waals surface area contributed by atoms with Crippen LogP contribution >= 0.6 is 0 Å². The molecule has 0 unspecified atom stereocenters. The van der Waals surface area contributed by atoms with E-state index in [2.05, 4.69) is 0 Å². The van der Waals surface area contributed by atoms with E-state index in [-0.39, 0.29) is 31.5 Å². The number of furan rings is 1. The van der Waals surface area contributed by atoms with Crippen molar-refractivity contribution in [1.29, 1.82) is 0 Å². The van der Waals surface area contributed by atoms with E-state index in [9.17, 15) is 9.59 Å². The Balaban J connectivity index is 1.42. The minimum Gasteiger partial charge on any atom is -0.482 e. The lowest BCUT2D eigenvalue weighted by Crippen LogP contribution is -2.42. The summed E-state index contributed by atoms with van der Waals surface area (Å²) in [4.78, 5) is 33.1. The Morgan fingerprint density at radius 1 is 1.10 bits per heavy atom. The lowest BCUT2D eigenvalue weighted by atomic mass is 10.2. The number of rotatable bonds is 3. The molecule has 1 aromatic carbocycles. The minimum atomic E-state index is -0.208. The van der Waals surface area contributed by atoms with E-state index in [4.69, 9.17) is 14.1 Å². The first-order valence-electron chi connectivity index (χ1n) is 9.84.